The Balaban J connectivity index is 4.16. The third-order valence-electron chi connectivity index (χ3n) is 5.35. The monoisotopic (exact) mass is 576 g/mol. The van der Waals surface area contributed by atoms with Gasteiger partial charge in [0.2, 0.25) is 0 Å². The number of carbonyl (C=O) groups is 4. The van der Waals surface area contributed by atoms with E-state index in [-0.39, 0.29) is 63.2 Å². The molecule has 0 heterocycles. The summed E-state index contributed by atoms with van der Waals surface area (Å²) in [6.45, 7) is 2.16. The molecule has 6 nitrogen and oxygen atoms in total. The number of carbonyl (C=O) groups excluding carboxylic acids is 4. The van der Waals surface area contributed by atoms with E-state index in [9.17, 15) is 27.6 Å². The van der Waals surface area contributed by atoms with Crippen LogP contribution >= 0.6 is 33.7 Å². The Bertz CT molecular complexity index is 595. The quantitative estimate of drug-likeness (QED) is 0.0842. The van der Waals surface area contributed by atoms with Crippen molar-refractivity contribution < 1.29 is 37.0 Å². The first-order valence-electron chi connectivity index (χ1n) is 12.3. The molecule has 4 unspecified atom stereocenters. The van der Waals surface area contributed by atoms with Crippen molar-refractivity contribution in [3.63, 3.8) is 0 Å². The number of Topliss-reactive ketones (excluding diaryl/α,β-unsaturated/α-hetero) is 2. The smallest absolute Gasteiger partial charge is 0.193 e. The molecular weight excluding hydrogens is 534 g/mol. The van der Waals surface area contributed by atoms with E-state index in [2.05, 4.69) is 0 Å². The number of ketones is 2. The maximum atomic E-state index is 13.0. The van der Waals surface area contributed by atoms with Gasteiger partial charge in [-0.1, -0.05) is 56.4 Å². The lowest BCUT2D eigenvalue weighted by molar-refractivity contribution is -0.122. The predicted octanol–water partition coefficient (Wildman–Crippen LogP) is 7.23. The summed E-state index contributed by atoms with van der Waals surface area (Å²) >= 11 is 0. The lowest BCUT2D eigenvalue weighted by Crippen LogP contribution is -2.21. The number of halogens is 2. The van der Waals surface area contributed by atoms with Crippen molar-refractivity contribution in [1.82, 2.24) is 0 Å². The van der Waals surface area contributed by atoms with Gasteiger partial charge in [-0.05, 0) is 19.8 Å². The van der Waals surface area contributed by atoms with Gasteiger partial charge in [-0.25, -0.2) is 8.39 Å². The average molecular weight is 576 g/mol. The molecule has 0 aliphatic heterocycles. The minimum atomic E-state index is -2.21. The summed E-state index contributed by atoms with van der Waals surface area (Å²) in [5.41, 5.74) is -0.993. The van der Waals surface area contributed by atoms with Crippen LogP contribution < -0.4 is 0 Å². The maximum absolute atomic E-state index is 13.0. The van der Waals surface area contributed by atoms with Crippen LogP contribution in [0.1, 0.15) is 90.4 Å². The van der Waals surface area contributed by atoms with Gasteiger partial charge in [-0.3, -0.25) is 14.4 Å². The van der Waals surface area contributed by atoms with E-state index in [0.29, 0.717) is 12.8 Å². The van der Waals surface area contributed by atoms with Crippen LogP contribution in [-0.4, -0.2) is 49.0 Å². The van der Waals surface area contributed by atoms with E-state index in [0.717, 1.165) is 51.4 Å². The van der Waals surface area contributed by atoms with E-state index in [4.69, 9.17) is 9.47 Å². The van der Waals surface area contributed by atoms with Crippen molar-refractivity contribution in [1.29, 1.82) is 0 Å². The van der Waals surface area contributed by atoms with Gasteiger partial charge in [0.05, 0.1) is 26.4 Å². The molecule has 0 saturated heterocycles. The molecule has 0 saturated carbocycles. The summed E-state index contributed by atoms with van der Waals surface area (Å²) in [7, 11) is -0.673. The Labute approximate surface area is 216 Å². The molecule has 0 fully saturated rings. The molecule has 0 amide bonds. The maximum Gasteiger partial charge on any atom is 0.193 e. The van der Waals surface area contributed by atoms with Gasteiger partial charge in [-0.2, -0.15) is 0 Å². The molecule has 0 bridgehead atoms. The third kappa shape index (κ3) is 23.1. The normalized spacial score (nSPS) is 13.9. The van der Waals surface area contributed by atoms with E-state index >= 15 is 0 Å². The van der Waals surface area contributed by atoms with Crippen molar-refractivity contribution in [2.45, 2.75) is 90.4 Å². The minimum absolute atomic E-state index is 0.0212. The summed E-state index contributed by atoms with van der Waals surface area (Å²) in [6, 6.07) is 0. The van der Waals surface area contributed by atoms with Gasteiger partial charge >= 0.3 is 0 Å². The first kappa shape index (κ1) is 35.2. The first-order valence-corrected chi connectivity index (χ1v) is 18.0. The molecule has 0 aliphatic rings. The Hall–Kier alpha value is 0.180. The van der Waals surface area contributed by atoms with Gasteiger partial charge in [0, 0.05) is 38.0 Å². The lowest BCUT2D eigenvalue weighted by atomic mass is 9.99. The summed E-state index contributed by atoms with van der Waals surface area (Å²) in [6.07, 6.45) is 9.73. The molecule has 204 valence electrons. The van der Waals surface area contributed by atoms with Crippen LogP contribution in [0, 0.1) is 5.92 Å². The van der Waals surface area contributed by atoms with Crippen molar-refractivity contribution in [2.75, 3.05) is 26.4 Å². The fourth-order valence-electron chi connectivity index (χ4n) is 3.38. The van der Waals surface area contributed by atoms with Crippen LogP contribution in [0.3, 0.4) is 0 Å². The number of hydrogen-bond acceptors (Lipinski definition) is 6. The largest absolute Gasteiger partial charge is 0.381 e. The Morgan fingerprint density at radius 2 is 1.09 bits per heavy atom. The second-order valence-corrected chi connectivity index (χ2v) is 13.7. The number of hydrogen-bond donors (Lipinski definition) is 0. The molecule has 0 spiro atoms. The molecule has 0 aliphatic carbocycles. The van der Waals surface area contributed by atoms with Gasteiger partial charge in [0.15, 0.2) is 26.9 Å². The topological polar surface area (TPSA) is 86.7 Å². The molecule has 12 heteroatoms. The van der Waals surface area contributed by atoms with E-state index in [1.807, 2.05) is 17.9 Å². The Morgan fingerprint density at radius 3 is 1.49 bits per heavy atom. The molecule has 0 aromatic carbocycles. The number of rotatable bonds is 25. The van der Waals surface area contributed by atoms with Gasteiger partial charge in [0.25, 0.3) is 0 Å². The van der Waals surface area contributed by atoms with Gasteiger partial charge in [-0.15, -0.1) is 0 Å². The Kier molecular flexibility index (Phi) is 23.4. The van der Waals surface area contributed by atoms with Gasteiger partial charge < -0.3 is 14.3 Å². The highest BCUT2D eigenvalue weighted by Crippen LogP contribution is 2.48. The van der Waals surface area contributed by atoms with E-state index < -0.39 is 26.9 Å². The molecular formula is C23H42F2O6P4. The SMILES string of the molecule is CC(=O)CCCCCCCCCCC(=O)CC(COCCC(=O)P(F)P)COCCC(=O)P(F)P. The summed E-state index contributed by atoms with van der Waals surface area (Å²) in [5, 5.41) is 0. The van der Waals surface area contributed by atoms with Crippen LogP contribution in [0.15, 0.2) is 0 Å². The number of ether oxygens (including phenoxy) is 2. The van der Waals surface area contributed by atoms with E-state index in [1.165, 1.54) is 0 Å². The van der Waals surface area contributed by atoms with E-state index in [1.54, 1.807) is 6.92 Å². The fraction of sp³-hybridized carbons (Fsp3) is 0.826. The second kappa shape index (κ2) is 23.3. The third-order valence-corrected chi connectivity index (χ3v) is 8.48. The number of unbranched alkanes of at least 4 members (excludes halogenated alkanes) is 7. The first-order chi connectivity index (χ1) is 16.6. The van der Waals surface area contributed by atoms with Crippen molar-refractivity contribution in [3.05, 3.63) is 0 Å². The van der Waals surface area contributed by atoms with Crippen LogP contribution in [-0.2, 0) is 28.7 Å². The lowest BCUT2D eigenvalue weighted by Gasteiger charge is -2.17. The minimum Gasteiger partial charge on any atom is -0.381 e. The van der Waals surface area contributed by atoms with Crippen molar-refractivity contribution >= 4 is 56.3 Å². The fourth-order valence-corrected chi connectivity index (χ4v) is 4.76. The molecule has 0 aromatic heterocycles. The highest BCUT2D eigenvalue weighted by Gasteiger charge is 2.17. The molecule has 4 atom stereocenters. The standard InChI is InChI=1S/C23H42F2O6P4/c1-19(26)10-8-6-4-2-3-5-7-9-11-21(27)16-20(17-30-14-12-22(28)34(24)32)18-31-15-13-23(29)35(25)33/h20H,2-18,32-33H2,1H3. The van der Waals surface area contributed by atoms with Crippen molar-refractivity contribution in [3.8, 4) is 0 Å². The van der Waals surface area contributed by atoms with Gasteiger partial charge in [0.1, 0.15) is 11.6 Å². The van der Waals surface area contributed by atoms with Crippen LogP contribution in [0.2, 0.25) is 0 Å². The zero-order valence-corrected chi connectivity index (χ0v) is 25.0. The molecule has 35 heavy (non-hydrogen) atoms. The summed E-state index contributed by atoms with van der Waals surface area (Å²) in [4.78, 5) is 46.1. The molecule has 0 aromatic rings. The van der Waals surface area contributed by atoms with Crippen LogP contribution in [0.5, 0.6) is 0 Å². The molecule has 0 radical (unpaired) electrons. The summed E-state index contributed by atoms with van der Waals surface area (Å²) in [5.74, 6) is 0.111. The average Bonchev–Trinajstić information content (AvgIpc) is 2.79. The molecule has 0 N–H and O–H groups in total. The predicted molar refractivity (Wildman–Crippen MR) is 146 cm³/mol. The highest BCUT2D eigenvalue weighted by atomic mass is 32.0. The summed E-state index contributed by atoms with van der Waals surface area (Å²) < 4.78 is 36.9. The zero-order valence-electron chi connectivity index (χ0n) is 20.9. The van der Waals surface area contributed by atoms with Crippen LogP contribution in [0.25, 0.3) is 0 Å². The van der Waals surface area contributed by atoms with Crippen molar-refractivity contribution in [2.24, 2.45) is 5.92 Å². The molecule has 0 rings (SSSR count). The van der Waals surface area contributed by atoms with Crippen LogP contribution in [0.4, 0.5) is 8.39 Å². The second-order valence-electron chi connectivity index (χ2n) is 8.70. The Morgan fingerprint density at radius 1 is 0.686 bits per heavy atom. The highest BCUT2D eigenvalue weighted by molar-refractivity contribution is 8.19. The zero-order chi connectivity index (χ0) is 26.5.